The fraction of sp³-hybridized carbons (Fsp3) is 0.571. The second-order valence-corrected chi connectivity index (χ2v) is 16.7. The van der Waals surface area contributed by atoms with Gasteiger partial charge in [-0.2, -0.15) is 0 Å². The van der Waals surface area contributed by atoms with Gasteiger partial charge in [0.05, 0.1) is 50.0 Å². The molecule has 4 heterocycles. The number of hydrogen-bond donors (Lipinski definition) is 3. The van der Waals surface area contributed by atoms with Crippen LogP contribution in [0.4, 0.5) is 5.69 Å². The summed E-state index contributed by atoms with van der Waals surface area (Å²) in [4.78, 5) is 48.8. The lowest BCUT2D eigenvalue weighted by Crippen LogP contribution is -2.58. The molecule has 1 aromatic heterocycles. The van der Waals surface area contributed by atoms with Crippen LogP contribution in [0.3, 0.4) is 0 Å². The number of carbonyl (C=O) groups excluding carboxylic acids is 3. The summed E-state index contributed by atoms with van der Waals surface area (Å²) >= 11 is 8.49. The van der Waals surface area contributed by atoms with Crippen molar-refractivity contribution < 1.29 is 38.4 Å². The molecule has 16 heteroatoms. The first kappa shape index (κ1) is 43.7. The zero-order chi connectivity index (χ0) is 41.1. The fourth-order valence-electron chi connectivity index (χ4n) is 7.58. The van der Waals surface area contributed by atoms with Crippen LogP contribution in [0.5, 0.6) is 11.5 Å². The van der Waals surface area contributed by atoms with Gasteiger partial charge < -0.3 is 44.5 Å². The lowest BCUT2D eigenvalue weighted by molar-refractivity contribution is -0.133. The Balaban J connectivity index is 0.892. The van der Waals surface area contributed by atoms with Gasteiger partial charge in [-0.05, 0) is 55.0 Å². The van der Waals surface area contributed by atoms with Gasteiger partial charge in [-0.15, -0.1) is 11.3 Å². The van der Waals surface area contributed by atoms with E-state index in [1.165, 1.54) is 0 Å². The normalized spacial score (nSPS) is 16.6. The molecule has 3 aromatic rings. The Kier molecular flexibility index (Phi) is 15.8. The minimum Gasteiger partial charge on any atom is -0.506 e. The molecule has 3 N–H and O–H groups in total. The SMILES string of the molecule is COCCN(CCNCCc1ccc(O)c2c1OCC(=O)N2)C(=O)CCOCCc1cccc(CN2CCC3(CC2)CN(C(=O)c2csc(C(C)C)n2)CCO3)c1Cl. The number of carbonyl (C=O) groups is 3. The molecule has 2 aromatic carbocycles. The zero-order valence-corrected chi connectivity index (χ0v) is 35.4. The number of benzene rings is 2. The molecule has 0 radical (unpaired) electrons. The molecule has 0 atom stereocenters. The average molecular weight is 841 g/mol. The Morgan fingerprint density at radius 2 is 1.88 bits per heavy atom. The number of nitrogens with zero attached hydrogens (tertiary/aromatic N) is 4. The number of aromatic nitrogens is 1. The molecule has 0 bridgehead atoms. The van der Waals surface area contributed by atoms with Gasteiger partial charge in [0, 0.05) is 69.2 Å². The van der Waals surface area contributed by atoms with Crippen molar-refractivity contribution in [1.29, 1.82) is 0 Å². The monoisotopic (exact) mass is 840 g/mol. The van der Waals surface area contributed by atoms with E-state index < -0.39 is 0 Å². The molecule has 0 unspecified atom stereocenters. The number of phenols is 1. The highest BCUT2D eigenvalue weighted by atomic mass is 35.5. The molecule has 3 amide bonds. The van der Waals surface area contributed by atoms with E-state index in [1.54, 1.807) is 35.5 Å². The number of thiazole rings is 1. The summed E-state index contributed by atoms with van der Waals surface area (Å²) in [5.74, 6) is 0.456. The molecule has 316 valence electrons. The van der Waals surface area contributed by atoms with Crippen LogP contribution in [0, 0.1) is 0 Å². The van der Waals surface area contributed by atoms with Gasteiger partial charge in [-0.1, -0.05) is 49.7 Å². The highest BCUT2D eigenvalue weighted by molar-refractivity contribution is 7.09. The Morgan fingerprint density at radius 3 is 2.66 bits per heavy atom. The van der Waals surface area contributed by atoms with Crippen molar-refractivity contribution in [3.63, 3.8) is 0 Å². The first-order valence-electron chi connectivity index (χ1n) is 20.3. The van der Waals surface area contributed by atoms with Crippen molar-refractivity contribution in [1.82, 2.24) is 25.0 Å². The first-order valence-corrected chi connectivity index (χ1v) is 21.5. The third kappa shape index (κ3) is 11.5. The number of methoxy groups -OCH3 is 1. The summed E-state index contributed by atoms with van der Waals surface area (Å²) in [5.41, 5.74) is 3.47. The van der Waals surface area contributed by atoms with Crippen LogP contribution in [-0.4, -0.2) is 141 Å². The van der Waals surface area contributed by atoms with E-state index in [4.69, 9.17) is 30.5 Å². The van der Waals surface area contributed by atoms with Gasteiger partial charge in [0.1, 0.15) is 17.1 Å². The Labute approximate surface area is 350 Å². The minimum atomic E-state index is -0.335. The van der Waals surface area contributed by atoms with Crippen LogP contribution in [-0.2, 0) is 43.2 Å². The molecular formula is C42H57ClN6O8S. The number of nitrogens with one attached hydrogen (secondary N) is 2. The number of anilines is 1. The van der Waals surface area contributed by atoms with Crippen LogP contribution in [0.2, 0.25) is 5.02 Å². The molecule has 2 saturated heterocycles. The maximum atomic E-state index is 13.3. The fourth-order valence-corrected chi connectivity index (χ4v) is 8.67. The van der Waals surface area contributed by atoms with Gasteiger partial charge in [-0.25, -0.2) is 4.98 Å². The standard InChI is InChI=1S/C42H57ClN6O8S/c1-29(2)40-45-33(27-58-40)41(53)49-20-24-57-42(28-49)12-16-47(17-13-42)25-32-6-4-5-30(37(32)43)10-21-55-22-11-36(52)48(19-23-54-3)18-15-44-14-9-31-7-8-34(50)38-39(31)56-26-35(51)46-38/h4-8,27,29,44,50H,9-26,28H2,1-3H3,(H,46,51). The Hall–Kier alpha value is -3.83. The van der Waals surface area contributed by atoms with Crippen molar-refractivity contribution in [2.45, 2.75) is 64.0 Å². The van der Waals surface area contributed by atoms with Crippen molar-refractivity contribution in [3.8, 4) is 11.5 Å². The van der Waals surface area contributed by atoms with Crippen molar-refractivity contribution >= 4 is 46.3 Å². The van der Waals surface area contributed by atoms with Crippen molar-refractivity contribution in [3.05, 3.63) is 68.1 Å². The number of phenolic OH excluding ortho intramolecular Hbond substituents is 1. The average Bonchev–Trinajstić information content (AvgIpc) is 3.73. The number of halogens is 1. The highest BCUT2D eigenvalue weighted by Gasteiger charge is 2.41. The molecule has 1 spiro atoms. The minimum absolute atomic E-state index is 0.00318. The third-order valence-electron chi connectivity index (χ3n) is 10.9. The molecular weight excluding hydrogens is 784 g/mol. The second kappa shape index (κ2) is 20.9. The quantitative estimate of drug-likeness (QED) is 0.114. The molecule has 3 aliphatic rings. The van der Waals surface area contributed by atoms with Crippen molar-refractivity contribution in [2.24, 2.45) is 0 Å². The summed E-state index contributed by atoms with van der Waals surface area (Å²) in [6, 6.07) is 9.48. The molecule has 58 heavy (non-hydrogen) atoms. The second-order valence-electron chi connectivity index (χ2n) is 15.4. The molecule has 2 fully saturated rings. The number of ether oxygens (including phenoxy) is 4. The summed E-state index contributed by atoms with van der Waals surface area (Å²) in [5, 5.41) is 19.8. The van der Waals surface area contributed by atoms with E-state index in [0.29, 0.717) is 102 Å². The van der Waals surface area contributed by atoms with Crippen LogP contribution < -0.4 is 15.4 Å². The Morgan fingerprint density at radius 1 is 1.07 bits per heavy atom. The maximum Gasteiger partial charge on any atom is 0.273 e. The van der Waals surface area contributed by atoms with Gasteiger partial charge in [0.25, 0.3) is 11.8 Å². The lowest BCUT2D eigenvalue weighted by atomic mass is 9.89. The van der Waals surface area contributed by atoms with E-state index in [9.17, 15) is 19.5 Å². The van der Waals surface area contributed by atoms with Gasteiger partial charge in [0.15, 0.2) is 12.4 Å². The number of hydrogen-bond acceptors (Lipinski definition) is 12. The van der Waals surface area contributed by atoms with Gasteiger partial charge >= 0.3 is 0 Å². The largest absolute Gasteiger partial charge is 0.506 e. The molecule has 3 aliphatic heterocycles. The molecule has 0 aliphatic carbocycles. The van der Waals surface area contributed by atoms with Gasteiger partial charge in [-0.3, -0.25) is 19.3 Å². The molecule has 6 rings (SSSR count). The van der Waals surface area contributed by atoms with E-state index in [-0.39, 0.29) is 42.1 Å². The lowest BCUT2D eigenvalue weighted by Gasteiger charge is -2.47. The summed E-state index contributed by atoms with van der Waals surface area (Å²) < 4.78 is 23.1. The number of rotatable bonds is 19. The van der Waals surface area contributed by atoms with E-state index >= 15 is 0 Å². The van der Waals surface area contributed by atoms with E-state index in [1.807, 2.05) is 22.4 Å². The van der Waals surface area contributed by atoms with Crippen LogP contribution >= 0.6 is 22.9 Å². The number of likely N-dealkylation sites (tertiary alicyclic amines) is 1. The maximum absolute atomic E-state index is 13.3. The third-order valence-corrected chi connectivity index (χ3v) is 12.6. The summed E-state index contributed by atoms with van der Waals surface area (Å²) in [7, 11) is 1.62. The highest BCUT2D eigenvalue weighted by Crippen LogP contribution is 2.39. The van der Waals surface area contributed by atoms with Crippen LogP contribution in [0.15, 0.2) is 35.7 Å². The molecule has 14 nitrogen and oxygen atoms in total. The van der Waals surface area contributed by atoms with E-state index in [0.717, 1.165) is 59.2 Å². The molecule has 0 saturated carbocycles. The topological polar surface area (TPSA) is 155 Å². The number of morpholine rings is 1. The Bertz CT molecular complexity index is 1870. The van der Waals surface area contributed by atoms with Crippen LogP contribution in [0.25, 0.3) is 0 Å². The van der Waals surface area contributed by atoms with Crippen LogP contribution in [0.1, 0.15) is 71.2 Å². The first-order chi connectivity index (χ1) is 28.1. The summed E-state index contributed by atoms with van der Waals surface area (Å²) in [6.45, 7) is 11.6. The van der Waals surface area contributed by atoms with E-state index in [2.05, 4.69) is 40.4 Å². The van der Waals surface area contributed by atoms with Crippen molar-refractivity contribution in [2.75, 3.05) is 97.8 Å². The van der Waals surface area contributed by atoms with Gasteiger partial charge in [0.2, 0.25) is 5.91 Å². The summed E-state index contributed by atoms with van der Waals surface area (Å²) in [6.07, 6.45) is 3.21. The number of aromatic hydroxyl groups is 1. The number of fused-ring (bicyclic) bond motifs is 1. The number of amides is 3. The number of piperidine rings is 1. The smallest absolute Gasteiger partial charge is 0.273 e. The predicted octanol–water partition coefficient (Wildman–Crippen LogP) is 4.72. The zero-order valence-electron chi connectivity index (χ0n) is 33.9. The predicted molar refractivity (Wildman–Crippen MR) is 223 cm³/mol.